The Morgan fingerprint density at radius 3 is 2.50 bits per heavy atom. The number of hydrogen-bond acceptors (Lipinski definition) is 3. The van der Waals surface area contributed by atoms with Crippen molar-refractivity contribution in [2.75, 3.05) is 0 Å². The maximum absolute atomic E-state index is 11.0. The standard InChI is InChI=1S/C13H11NO4/c15-12(16)7-11(13(17)18)14-6-5-9-3-1-2-4-10(9)8-14/h1-6,8,11H,7H2,(H-,15,16,17,18). The first-order valence-corrected chi connectivity index (χ1v) is 5.40. The molecule has 1 atom stereocenters. The average Bonchev–Trinajstić information content (AvgIpc) is 2.35. The fourth-order valence-corrected chi connectivity index (χ4v) is 1.82. The van der Waals surface area contributed by atoms with E-state index < -0.39 is 24.4 Å². The highest BCUT2D eigenvalue weighted by atomic mass is 16.4. The number of benzene rings is 1. The Bertz CT molecular complexity index is 609. The number of hydrogen-bond donors (Lipinski definition) is 1. The van der Waals surface area contributed by atoms with E-state index in [0.29, 0.717) is 0 Å². The molecule has 1 aromatic carbocycles. The van der Waals surface area contributed by atoms with Crippen molar-refractivity contribution in [3.05, 3.63) is 42.7 Å². The number of carboxylic acid groups (broad SMARTS) is 2. The Morgan fingerprint density at radius 1 is 1.22 bits per heavy atom. The third-order valence-corrected chi connectivity index (χ3v) is 2.71. The molecule has 18 heavy (non-hydrogen) atoms. The monoisotopic (exact) mass is 245 g/mol. The van der Waals surface area contributed by atoms with E-state index in [1.807, 2.05) is 24.3 Å². The predicted octanol–water partition coefficient (Wildman–Crippen LogP) is -0.107. The van der Waals surface area contributed by atoms with Gasteiger partial charge in [0.15, 0.2) is 12.4 Å². The van der Waals surface area contributed by atoms with Crippen LogP contribution in [0.3, 0.4) is 0 Å². The van der Waals surface area contributed by atoms with Crippen LogP contribution in [0.15, 0.2) is 42.7 Å². The van der Waals surface area contributed by atoms with Gasteiger partial charge in [-0.05, 0) is 11.5 Å². The smallest absolute Gasteiger partial charge is 0.310 e. The summed E-state index contributed by atoms with van der Waals surface area (Å²) < 4.78 is 1.35. The van der Waals surface area contributed by atoms with Crippen molar-refractivity contribution in [2.24, 2.45) is 0 Å². The van der Waals surface area contributed by atoms with Gasteiger partial charge in [0.2, 0.25) is 6.04 Å². The van der Waals surface area contributed by atoms with Crippen molar-refractivity contribution >= 4 is 22.7 Å². The van der Waals surface area contributed by atoms with E-state index >= 15 is 0 Å². The van der Waals surface area contributed by atoms with Crippen LogP contribution >= 0.6 is 0 Å². The molecule has 0 fully saturated rings. The molecule has 0 saturated carbocycles. The molecule has 2 rings (SSSR count). The molecule has 5 nitrogen and oxygen atoms in total. The number of rotatable bonds is 4. The lowest BCUT2D eigenvalue weighted by Crippen LogP contribution is -2.49. The van der Waals surface area contributed by atoms with E-state index in [1.54, 1.807) is 18.5 Å². The van der Waals surface area contributed by atoms with Gasteiger partial charge in [-0.25, -0.2) is 0 Å². The molecule has 1 aromatic heterocycles. The van der Waals surface area contributed by atoms with Crippen LogP contribution in [-0.4, -0.2) is 17.0 Å². The summed E-state index contributed by atoms with van der Waals surface area (Å²) in [5.41, 5.74) is 0. The minimum absolute atomic E-state index is 0.509. The summed E-state index contributed by atoms with van der Waals surface area (Å²) in [6, 6.07) is 7.97. The molecule has 0 bridgehead atoms. The topological polar surface area (TPSA) is 81.3 Å². The van der Waals surface area contributed by atoms with Gasteiger partial charge in [-0.2, -0.15) is 4.57 Å². The Labute approximate surface area is 103 Å². The van der Waals surface area contributed by atoms with Crippen LogP contribution in [0.25, 0.3) is 10.8 Å². The number of nitrogens with zero attached hydrogens (tertiary/aromatic N) is 1. The first-order chi connectivity index (χ1) is 8.58. The molecule has 0 aliphatic rings. The summed E-state index contributed by atoms with van der Waals surface area (Å²) in [5, 5.41) is 21.5. The third-order valence-electron chi connectivity index (χ3n) is 2.71. The Hall–Kier alpha value is -2.43. The second kappa shape index (κ2) is 4.83. The number of aromatic nitrogens is 1. The van der Waals surface area contributed by atoms with Gasteiger partial charge in [-0.15, -0.1) is 0 Å². The highest BCUT2D eigenvalue weighted by molar-refractivity contribution is 5.81. The van der Waals surface area contributed by atoms with Crippen LogP contribution in [0, 0.1) is 0 Å². The lowest BCUT2D eigenvalue weighted by atomic mass is 10.1. The average molecular weight is 245 g/mol. The minimum Gasteiger partial charge on any atom is -0.543 e. The SMILES string of the molecule is O=C(O)CC(C(=O)[O-])[n+]1ccc2ccccc2c1. The van der Waals surface area contributed by atoms with E-state index in [-0.39, 0.29) is 0 Å². The van der Waals surface area contributed by atoms with E-state index in [2.05, 4.69) is 0 Å². The van der Waals surface area contributed by atoms with Gasteiger partial charge >= 0.3 is 5.97 Å². The predicted molar refractivity (Wildman–Crippen MR) is 60.4 cm³/mol. The highest BCUT2D eigenvalue weighted by Gasteiger charge is 2.23. The van der Waals surface area contributed by atoms with E-state index in [1.165, 1.54) is 4.57 Å². The maximum Gasteiger partial charge on any atom is 0.310 e. The molecule has 0 amide bonds. The minimum atomic E-state index is -1.40. The third kappa shape index (κ3) is 2.45. The number of carbonyl (C=O) groups excluding carboxylic acids is 1. The number of fused-ring (bicyclic) bond motifs is 1. The molecule has 0 aliphatic heterocycles. The largest absolute Gasteiger partial charge is 0.543 e. The zero-order valence-corrected chi connectivity index (χ0v) is 9.45. The van der Waals surface area contributed by atoms with E-state index in [9.17, 15) is 14.7 Å². The first-order valence-electron chi connectivity index (χ1n) is 5.40. The second-order valence-corrected chi connectivity index (χ2v) is 3.95. The Morgan fingerprint density at radius 2 is 1.89 bits per heavy atom. The van der Waals surface area contributed by atoms with E-state index in [0.717, 1.165) is 10.8 Å². The van der Waals surface area contributed by atoms with Crippen LogP contribution in [0.4, 0.5) is 0 Å². The van der Waals surface area contributed by atoms with Gasteiger partial charge < -0.3 is 15.0 Å². The Balaban J connectivity index is 2.44. The van der Waals surface area contributed by atoms with Crippen LogP contribution in [-0.2, 0) is 9.59 Å². The van der Waals surface area contributed by atoms with Gasteiger partial charge in [0.05, 0.1) is 0 Å². The molecule has 1 unspecified atom stereocenters. The van der Waals surface area contributed by atoms with Crippen molar-refractivity contribution in [3.63, 3.8) is 0 Å². The highest BCUT2D eigenvalue weighted by Crippen LogP contribution is 2.11. The quantitative estimate of drug-likeness (QED) is 0.762. The van der Waals surface area contributed by atoms with Gasteiger partial charge in [-0.3, -0.25) is 4.79 Å². The summed E-state index contributed by atoms with van der Waals surface area (Å²) in [6.07, 6.45) is 2.65. The molecule has 5 heteroatoms. The fourth-order valence-electron chi connectivity index (χ4n) is 1.82. The summed E-state index contributed by atoms with van der Waals surface area (Å²) in [4.78, 5) is 21.6. The van der Waals surface area contributed by atoms with Gasteiger partial charge in [0.25, 0.3) is 0 Å². The van der Waals surface area contributed by atoms with Crippen molar-refractivity contribution in [1.82, 2.24) is 0 Å². The van der Waals surface area contributed by atoms with Gasteiger partial charge in [-0.1, -0.05) is 18.2 Å². The van der Waals surface area contributed by atoms with Crippen molar-refractivity contribution in [2.45, 2.75) is 12.5 Å². The van der Waals surface area contributed by atoms with Crippen molar-refractivity contribution in [1.29, 1.82) is 0 Å². The van der Waals surface area contributed by atoms with E-state index in [4.69, 9.17) is 5.11 Å². The summed E-state index contributed by atoms with van der Waals surface area (Å²) in [7, 11) is 0. The Kier molecular flexibility index (Phi) is 3.23. The molecule has 2 aromatic rings. The molecule has 0 spiro atoms. The fraction of sp³-hybridized carbons (Fsp3) is 0.154. The van der Waals surface area contributed by atoms with Crippen LogP contribution in [0.5, 0.6) is 0 Å². The normalized spacial score (nSPS) is 12.2. The van der Waals surface area contributed by atoms with Crippen molar-refractivity contribution < 1.29 is 24.4 Å². The molecular formula is C13H11NO4. The zero-order valence-electron chi connectivity index (χ0n) is 9.45. The number of aliphatic carboxylic acids is 2. The van der Waals surface area contributed by atoms with Crippen molar-refractivity contribution in [3.8, 4) is 0 Å². The molecular weight excluding hydrogens is 234 g/mol. The number of carboxylic acids is 2. The van der Waals surface area contributed by atoms with Gasteiger partial charge in [0.1, 0.15) is 12.4 Å². The molecule has 1 heterocycles. The molecule has 1 N–H and O–H groups in total. The van der Waals surface area contributed by atoms with Crippen LogP contribution in [0.1, 0.15) is 12.5 Å². The maximum atomic E-state index is 11.0. The van der Waals surface area contributed by atoms with Gasteiger partial charge in [0, 0.05) is 11.5 Å². The lowest BCUT2D eigenvalue weighted by Gasteiger charge is -2.11. The molecule has 0 aliphatic carbocycles. The number of carbonyl (C=O) groups is 2. The summed E-state index contributed by atoms with van der Waals surface area (Å²) in [6.45, 7) is 0. The molecule has 0 radical (unpaired) electrons. The molecule has 0 saturated heterocycles. The summed E-state index contributed by atoms with van der Waals surface area (Å²) in [5.74, 6) is -2.58. The zero-order chi connectivity index (χ0) is 13.1. The summed E-state index contributed by atoms with van der Waals surface area (Å²) >= 11 is 0. The van der Waals surface area contributed by atoms with Crippen LogP contribution < -0.4 is 9.67 Å². The number of pyridine rings is 1. The first kappa shape index (κ1) is 12.0. The second-order valence-electron chi connectivity index (χ2n) is 3.95. The lowest BCUT2D eigenvalue weighted by molar-refractivity contribution is -0.713. The molecule has 92 valence electrons. The van der Waals surface area contributed by atoms with Crippen LogP contribution in [0.2, 0.25) is 0 Å².